The van der Waals surface area contributed by atoms with E-state index in [4.69, 9.17) is 9.47 Å². The van der Waals surface area contributed by atoms with Crippen molar-refractivity contribution in [3.8, 4) is 0 Å². The Labute approximate surface area is 215 Å². The molecule has 0 bridgehead atoms. The number of methoxy groups -OCH3 is 1. The van der Waals surface area contributed by atoms with E-state index in [9.17, 15) is 24.5 Å². The van der Waals surface area contributed by atoms with Gasteiger partial charge in [0.15, 0.2) is 4.80 Å². The number of hydrogen-bond donors (Lipinski definition) is 0. The van der Waals surface area contributed by atoms with E-state index in [0.717, 1.165) is 11.3 Å². The van der Waals surface area contributed by atoms with Gasteiger partial charge in [0.1, 0.15) is 0 Å². The van der Waals surface area contributed by atoms with E-state index in [1.807, 2.05) is 0 Å². The summed E-state index contributed by atoms with van der Waals surface area (Å²) in [7, 11) is 1.28. The molecule has 0 spiro atoms. The van der Waals surface area contributed by atoms with Crippen molar-refractivity contribution in [2.45, 2.75) is 32.9 Å². The third-order valence-electron chi connectivity index (χ3n) is 5.63. The molecule has 0 radical (unpaired) electrons. The predicted octanol–water partition coefficient (Wildman–Crippen LogP) is 2.88. The Morgan fingerprint density at radius 3 is 2.32 bits per heavy atom. The Bertz CT molecular complexity index is 1600. The predicted molar refractivity (Wildman–Crippen MR) is 136 cm³/mol. The molecule has 2 heterocycles. The lowest BCUT2D eigenvalue weighted by Gasteiger charge is -2.25. The number of ether oxygens (including phenoxy) is 2. The number of hydrogen-bond acceptors (Lipinski definition) is 9. The quantitative estimate of drug-likeness (QED) is 0.277. The maximum atomic E-state index is 13.6. The van der Waals surface area contributed by atoms with Gasteiger partial charge in [-0.3, -0.25) is 19.5 Å². The van der Waals surface area contributed by atoms with Crippen LogP contribution >= 0.6 is 11.3 Å². The minimum atomic E-state index is -0.840. The van der Waals surface area contributed by atoms with Crippen molar-refractivity contribution >= 4 is 35.0 Å². The van der Waals surface area contributed by atoms with Crippen LogP contribution in [0.5, 0.6) is 0 Å². The first kappa shape index (κ1) is 25.7. The van der Waals surface area contributed by atoms with E-state index in [1.54, 1.807) is 63.2 Å². The van der Waals surface area contributed by atoms with Gasteiger partial charge in [-0.15, -0.1) is 0 Å². The molecule has 0 aliphatic carbocycles. The van der Waals surface area contributed by atoms with Crippen LogP contribution in [0.1, 0.15) is 48.3 Å². The fraction of sp³-hybridized carbons (Fsp3) is 0.231. The highest BCUT2D eigenvalue weighted by atomic mass is 32.1. The molecule has 0 N–H and O–H groups in total. The maximum absolute atomic E-state index is 13.6. The summed E-state index contributed by atoms with van der Waals surface area (Å²) in [5, 5.41) is 11.0. The zero-order valence-corrected chi connectivity index (χ0v) is 21.3. The Kier molecular flexibility index (Phi) is 7.16. The second kappa shape index (κ2) is 10.3. The van der Waals surface area contributed by atoms with Gasteiger partial charge in [0.25, 0.3) is 11.2 Å². The van der Waals surface area contributed by atoms with E-state index in [-0.39, 0.29) is 22.9 Å². The molecule has 1 aliphatic heterocycles. The highest BCUT2D eigenvalue weighted by molar-refractivity contribution is 7.07. The summed E-state index contributed by atoms with van der Waals surface area (Å²) in [4.78, 5) is 54.1. The van der Waals surface area contributed by atoms with Crippen LogP contribution < -0.4 is 14.9 Å². The largest absolute Gasteiger partial charge is 0.465 e. The molecule has 1 aliphatic rings. The zero-order valence-electron chi connectivity index (χ0n) is 20.5. The van der Waals surface area contributed by atoms with Crippen molar-refractivity contribution in [2.24, 2.45) is 4.99 Å². The number of carbonyl (C=O) groups excluding carboxylic acids is 2. The number of fused-ring (bicyclic) bond motifs is 1. The summed E-state index contributed by atoms with van der Waals surface area (Å²) in [6.07, 6.45) is 1.23. The van der Waals surface area contributed by atoms with Crippen molar-refractivity contribution in [1.29, 1.82) is 0 Å². The van der Waals surface area contributed by atoms with Crippen LogP contribution in [-0.2, 0) is 14.3 Å². The minimum Gasteiger partial charge on any atom is -0.465 e. The first-order chi connectivity index (χ1) is 17.6. The number of aromatic nitrogens is 1. The normalized spacial score (nSPS) is 15.3. The molecule has 1 atom stereocenters. The van der Waals surface area contributed by atoms with Crippen molar-refractivity contribution in [3.63, 3.8) is 0 Å². The van der Waals surface area contributed by atoms with Crippen LogP contribution in [0.3, 0.4) is 0 Å². The smallest absolute Gasteiger partial charge is 0.338 e. The van der Waals surface area contributed by atoms with Crippen LogP contribution in [-0.4, -0.2) is 34.6 Å². The lowest BCUT2D eigenvalue weighted by molar-refractivity contribution is -0.384. The van der Waals surface area contributed by atoms with E-state index in [1.165, 1.54) is 23.8 Å². The van der Waals surface area contributed by atoms with Crippen LogP contribution in [0.4, 0.5) is 5.69 Å². The summed E-state index contributed by atoms with van der Waals surface area (Å²) in [6.45, 7) is 5.14. The number of carbonyl (C=O) groups is 2. The second-order valence-corrected chi connectivity index (χ2v) is 9.51. The standard InChI is InChI=1S/C26H23N3O7S/c1-14(2)36-25(32)21-15(3)27-26-28(22(21)17-7-9-18(10-8-17)24(31)35-4)23(30)20(37-26)13-16-5-11-19(12-6-16)29(33)34/h5-14,22H,1-4H3. The minimum absolute atomic E-state index is 0.0575. The van der Waals surface area contributed by atoms with E-state index >= 15 is 0 Å². The zero-order chi connectivity index (χ0) is 26.9. The molecule has 10 nitrogen and oxygen atoms in total. The second-order valence-electron chi connectivity index (χ2n) is 8.50. The third-order valence-corrected chi connectivity index (χ3v) is 6.62. The van der Waals surface area contributed by atoms with Gasteiger partial charge in [0.05, 0.1) is 45.5 Å². The molecular weight excluding hydrogens is 498 g/mol. The number of benzene rings is 2. The Morgan fingerprint density at radius 2 is 1.76 bits per heavy atom. The molecule has 1 aromatic heterocycles. The fourth-order valence-electron chi connectivity index (χ4n) is 3.94. The average molecular weight is 522 g/mol. The van der Waals surface area contributed by atoms with Gasteiger partial charge in [-0.05, 0) is 62.2 Å². The highest BCUT2D eigenvalue weighted by Gasteiger charge is 2.33. The molecule has 1 unspecified atom stereocenters. The first-order valence-electron chi connectivity index (χ1n) is 11.3. The molecule has 0 amide bonds. The summed E-state index contributed by atoms with van der Waals surface area (Å²) in [6, 6.07) is 11.4. The molecule has 4 rings (SSSR count). The van der Waals surface area contributed by atoms with Crippen LogP contribution in [0.25, 0.3) is 6.08 Å². The van der Waals surface area contributed by atoms with Gasteiger partial charge in [0.2, 0.25) is 0 Å². The van der Waals surface area contributed by atoms with E-state index in [2.05, 4.69) is 4.99 Å². The Balaban J connectivity index is 1.89. The molecule has 2 aromatic carbocycles. The third kappa shape index (κ3) is 5.12. The first-order valence-corrected chi connectivity index (χ1v) is 12.1. The molecule has 3 aromatic rings. The van der Waals surface area contributed by atoms with E-state index < -0.39 is 22.9 Å². The number of allylic oxidation sites excluding steroid dienone is 1. The number of nitro benzene ring substituents is 1. The number of nitro groups is 1. The highest BCUT2D eigenvalue weighted by Crippen LogP contribution is 2.31. The summed E-state index contributed by atoms with van der Waals surface area (Å²) < 4.78 is 12.0. The topological polar surface area (TPSA) is 130 Å². The molecular formula is C26H23N3O7S. The molecule has 0 saturated heterocycles. The number of rotatable bonds is 6. The maximum Gasteiger partial charge on any atom is 0.338 e. The van der Waals surface area contributed by atoms with Gasteiger partial charge < -0.3 is 9.47 Å². The summed E-state index contributed by atoms with van der Waals surface area (Å²) >= 11 is 1.14. The summed E-state index contributed by atoms with van der Waals surface area (Å²) in [5.41, 5.74) is 1.70. The molecule has 190 valence electrons. The Morgan fingerprint density at radius 1 is 1.11 bits per heavy atom. The molecule has 0 saturated carbocycles. The van der Waals surface area contributed by atoms with Crippen molar-refractivity contribution < 1.29 is 24.0 Å². The van der Waals surface area contributed by atoms with Gasteiger partial charge in [-0.1, -0.05) is 23.5 Å². The summed E-state index contributed by atoms with van der Waals surface area (Å²) in [5.74, 6) is -1.10. The molecule has 37 heavy (non-hydrogen) atoms. The van der Waals surface area contributed by atoms with E-state index in [0.29, 0.717) is 31.7 Å². The van der Waals surface area contributed by atoms with Crippen molar-refractivity contribution in [2.75, 3.05) is 7.11 Å². The van der Waals surface area contributed by atoms with Crippen LogP contribution in [0.15, 0.2) is 69.6 Å². The average Bonchev–Trinajstić information content (AvgIpc) is 3.16. The van der Waals surface area contributed by atoms with Gasteiger partial charge >= 0.3 is 11.9 Å². The van der Waals surface area contributed by atoms with Gasteiger partial charge in [-0.2, -0.15) is 0 Å². The van der Waals surface area contributed by atoms with Crippen LogP contribution in [0, 0.1) is 10.1 Å². The molecule has 11 heteroatoms. The van der Waals surface area contributed by atoms with Crippen LogP contribution in [0.2, 0.25) is 0 Å². The molecule has 0 fully saturated rings. The van der Waals surface area contributed by atoms with Crippen molar-refractivity contribution in [3.05, 3.63) is 106 Å². The lowest BCUT2D eigenvalue weighted by atomic mass is 9.95. The van der Waals surface area contributed by atoms with Crippen molar-refractivity contribution in [1.82, 2.24) is 4.57 Å². The fourth-order valence-corrected chi connectivity index (χ4v) is 4.99. The number of nitrogens with zero attached hydrogens (tertiary/aromatic N) is 3. The van der Waals surface area contributed by atoms with Gasteiger partial charge in [0, 0.05) is 12.1 Å². The van der Waals surface area contributed by atoms with Gasteiger partial charge in [-0.25, -0.2) is 14.6 Å². The SMILES string of the molecule is COC(=O)c1ccc(C2C(C(=O)OC(C)C)=C(C)N=c3sc(=Cc4ccc([N+](=O)[O-])cc4)c(=O)n32)cc1. The lowest BCUT2D eigenvalue weighted by Crippen LogP contribution is -2.40. The number of thiazole rings is 1. The number of esters is 2. The monoisotopic (exact) mass is 521 g/mol. The Hall–Kier alpha value is -4.38. The number of non-ortho nitro benzene ring substituents is 1.